The van der Waals surface area contributed by atoms with Crippen molar-refractivity contribution in [2.24, 2.45) is 52.3 Å². The molecule has 12 aromatic heterocycles. The lowest BCUT2D eigenvalue weighted by Gasteiger charge is -2.47. The first-order valence-corrected chi connectivity index (χ1v) is 51.6. The third kappa shape index (κ3) is 22.6. The molecule has 0 aromatic carbocycles. The number of halogens is 8. The summed E-state index contributed by atoms with van der Waals surface area (Å²) in [6, 6.07) is 4.09. The van der Waals surface area contributed by atoms with Crippen molar-refractivity contribution in [3.8, 4) is 0 Å². The zero-order chi connectivity index (χ0) is 101. The number of carbonyl (C=O) groups excluding carboxylic acids is 8. The monoisotopic (exact) mass is 2040 g/mol. The number of aryl methyl sites for hydroxylation is 4. The van der Waals surface area contributed by atoms with Crippen LogP contribution in [-0.2, 0) is 19.2 Å². The minimum atomic E-state index is -4.53. The van der Waals surface area contributed by atoms with E-state index < -0.39 is 58.3 Å². The van der Waals surface area contributed by atoms with Crippen LogP contribution in [0.15, 0.2) is 73.8 Å². The van der Waals surface area contributed by atoms with Crippen LogP contribution in [0.1, 0.15) is 265 Å². The highest BCUT2D eigenvalue weighted by atomic mass is 32.1. The molecule has 22 rings (SSSR count). The molecule has 12 aromatic rings. The van der Waals surface area contributed by atoms with E-state index in [4.69, 9.17) is 0 Å². The number of fused-ring (bicyclic) bond motifs is 7. The number of nitrogens with zero attached hydrogens (tertiary/aromatic N) is 20. The summed E-state index contributed by atoms with van der Waals surface area (Å²) >= 11 is 5.40. The average Bonchev–Trinajstić information content (AvgIpc) is 1.58. The van der Waals surface area contributed by atoms with Gasteiger partial charge in [-0.2, -0.15) is 33.1 Å². The standard InChI is InChI=1S/C27H31FN6O2S.C25H29FN6O2S.C24H26F2N6O2S.C23H22F4N6O2S/c1-15(19-10-20(28)12-29-11-19)30-26-32-22(23-24(33-26)31-16(2)37-23)25(36)34-13-18(14-34)9-21(35)27-6-3-17(4-7-27)5-8-27;1-14(18-9-19(26)11-27-10-18)28-25-30-21(22-23(31-25)29-15(2)35-22)24(34)32-12-16(13-32)8-20(33)17-6-4-3-5-7-17;1-12(15-5-17(25)9-27-8-15)28-23-30-19(20-21(31-23)29-13(2)35-20)22(34)32-10-14(11-32)4-18(33)16-6-24(3,26)7-16;1-11(14-6-15(24)8-28-7-14)29-21-31-17(18-19(32-21)30-12(2)36-18)20(35)33-9-13(10-33)5-16(34)22(3-4-22)23(25,26)27/h10-12,15,17-18H,3-9,13-14H2,1-2H3,(H,30,32,33);9-11,14,16-17H,3-8,12-13H2,1-2H3,(H,28,30,31);5,8-9,12,14,16H,4,6-7,10-11H2,1-3H3,(H,28,30,31);6-8,11,13H,3-5,9-10H2,1-2H3,(H,29,31,32)/t15-,17?,27?;14-;12-,16?,24?;11-/m0000/s1. The van der Waals surface area contributed by atoms with Crippen molar-refractivity contribution in [3.63, 3.8) is 0 Å². The second-order valence-corrected chi connectivity index (χ2v) is 44.7. The van der Waals surface area contributed by atoms with Crippen LogP contribution in [0.3, 0.4) is 0 Å². The largest absolute Gasteiger partial charge is 0.401 e. The predicted octanol–water partition coefficient (Wildman–Crippen LogP) is 18.6. The zero-order valence-electron chi connectivity index (χ0n) is 80.2. The number of Topliss-reactive ketones (excluding diaryl/α,β-unsaturated/α-hetero) is 4. The van der Waals surface area contributed by atoms with Gasteiger partial charge in [-0.1, -0.05) is 19.3 Å². The van der Waals surface area contributed by atoms with Gasteiger partial charge in [0.2, 0.25) is 23.8 Å². The van der Waals surface area contributed by atoms with Gasteiger partial charge in [-0.15, -0.1) is 45.3 Å². The number of aromatic nitrogens is 16. The van der Waals surface area contributed by atoms with Crippen LogP contribution in [0, 0.1) is 103 Å². The number of nitrogens with one attached hydrogen (secondary N) is 4. The SMILES string of the molecule is Cc1nc2nc(N[C@@H](C)c3cncc(F)c3)nc(C(=O)N3CC(CC(=O)C4(C(F)(F)F)CC4)C3)c2s1.Cc1nc2nc(N[C@@H](C)c3cncc(F)c3)nc(C(=O)N3CC(CC(=O)C45CCC(CC4)CC5)C3)c2s1.Cc1nc2nc(N[C@@H](C)c3cncc(F)c3)nc(C(=O)N3CC(CC(=O)C4CC(C)(F)C4)C3)c2s1.Cc1nc2nc(N[C@@H](C)c3cncc(F)c3)nc(C(=O)N3CC(CC(=O)C4CCCCC4)C3)c2s1. The van der Waals surface area contributed by atoms with E-state index in [0.717, 1.165) is 90.7 Å². The fourth-order valence-corrected chi connectivity index (χ4v) is 23.7. The molecule has 4 atom stereocenters. The van der Waals surface area contributed by atoms with Crippen LogP contribution < -0.4 is 21.3 Å². The summed E-state index contributed by atoms with van der Waals surface area (Å²) in [5.41, 5.74) is 1.64. The fraction of sp³-hybridized carbons (Fsp3) is 0.515. The number of amides is 4. The van der Waals surface area contributed by atoms with Gasteiger partial charge in [-0.05, 0) is 192 Å². The normalized spacial score (nSPS) is 20.8. The Hall–Kier alpha value is -12.3. The lowest BCUT2D eigenvalue weighted by atomic mass is 9.58. The number of likely N-dealkylation sites (tertiary alicyclic amines) is 4. The molecule has 6 saturated carbocycles. The smallest absolute Gasteiger partial charge is 0.348 e. The van der Waals surface area contributed by atoms with E-state index in [2.05, 4.69) is 101 Å². The summed E-state index contributed by atoms with van der Waals surface area (Å²) in [5, 5.41) is 15.5. The van der Waals surface area contributed by atoms with Crippen molar-refractivity contribution in [2.75, 3.05) is 73.6 Å². The summed E-state index contributed by atoms with van der Waals surface area (Å²) in [4.78, 5) is 180. The molecule has 4 amide bonds. The van der Waals surface area contributed by atoms with Gasteiger partial charge in [0.05, 0.1) is 69.0 Å². The van der Waals surface area contributed by atoms with Crippen LogP contribution >= 0.6 is 45.3 Å². The molecule has 44 heteroatoms. The number of alkyl halides is 4. The van der Waals surface area contributed by atoms with Gasteiger partial charge in [0.15, 0.2) is 45.4 Å². The average molecular weight is 2040 g/mol. The van der Waals surface area contributed by atoms with Gasteiger partial charge in [0, 0.05) is 144 Å². The molecule has 4 aliphatic heterocycles. The van der Waals surface area contributed by atoms with E-state index in [1.165, 1.54) is 113 Å². The van der Waals surface area contributed by atoms with E-state index in [9.17, 15) is 73.5 Å². The Morgan fingerprint density at radius 2 is 0.657 bits per heavy atom. The minimum absolute atomic E-state index is 0.0801. The highest BCUT2D eigenvalue weighted by Crippen LogP contribution is 2.59. The summed E-state index contributed by atoms with van der Waals surface area (Å²) in [6.45, 7) is 19.7. The quantitative estimate of drug-likeness (QED) is 0.0331. The Morgan fingerprint density at radius 1 is 0.378 bits per heavy atom. The van der Waals surface area contributed by atoms with Crippen LogP contribution in [0.2, 0.25) is 0 Å². The van der Waals surface area contributed by atoms with Crippen molar-refractivity contribution in [1.82, 2.24) is 99.3 Å². The number of ketones is 4. The molecular formula is C99H108F8N24O8S4. The van der Waals surface area contributed by atoms with Gasteiger partial charge in [-0.3, -0.25) is 58.3 Å². The molecule has 752 valence electrons. The van der Waals surface area contributed by atoms with Crippen molar-refractivity contribution in [1.29, 1.82) is 0 Å². The minimum Gasteiger partial charge on any atom is -0.348 e. The summed E-state index contributed by atoms with van der Waals surface area (Å²) in [5.74, 6) is -0.803. The predicted molar refractivity (Wildman–Crippen MR) is 521 cm³/mol. The highest BCUT2D eigenvalue weighted by molar-refractivity contribution is 7.20. The lowest BCUT2D eigenvalue weighted by Crippen LogP contribution is -2.52. The number of hydrogen-bond donors (Lipinski definition) is 4. The van der Waals surface area contributed by atoms with Gasteiger partial charge < -0.3 is 40.9 Å². The van der Waals surface area contributed by atoms with Crippen LogP contribution in [-0.4, -0.2) is 210 Å². The van der Waals surface area contributed by atoms with E-state index in [-0.39, 0.29) is 150 Å². The maximum atomic E-state index is 13.7. The zero-order valence-corrected chi connectivity index (χ0v) is 83.5. The van der Waals surface area contributed by atoms with Gasteiger partial charge >= 0.3 is 6.18 Å². The molecule has 16 heterocycles. The molecule has 10 aliphatic rings. The van der Waals surface area contributed by atoms with Crippen LogP contribution in [0.4, 0.5) is 58.9 Å². The first-order chi connectivity index (χ1) is 68.2. The van der Waals surface area contributed by atoms with E-state index in [0.29, 0.717) is 163 Å². The van der Waals surface area contributed by atoms with Gasteiger partial charge in [0.25, 0.3) is 23.6 Å². The van der Waals surface area contributed by atoms with E-state index in [1.54, 1.807) is 47.1 Å². The number of anilines is 4. The Labute approximate surface area is 833 Å². The van der Waals surface area contributed by atoms with Crippen molar-refractivity contribution >= 4 is 157 Å². The summed E-state index contributed by atoms with van der Waals surface area (Å²) < 4.78 is 110. The number of rotatable bonds is 28. The third-order valence-electron chi connectivity index (χ3n) is 28.8. The summed E-state index contributed by atoms with van der Waals surface area (Å²) in [6.07, 6.45) is 20.1. The molecule has 0 radical (unpaired) electrons. The number of thiazole rings is 4. The van der Waals surface area contributed by atoms with Crippen LogP contribution in [0.25, 0.3) is 41.4 Å². The molecule has 4 N–H and O–H groups in total. The first kappa shape index (κ1) is 101. The highest BCUT2D eigenvalue weighted by Gasteiger charge is 2.68. The fourth-order valence-electron chi connectivity index (χ4n) is 20.3. The molecule has 32 nitrogen and oxygen atoms in total. The van der Waals surface area contributed by atoms with E-state index >= 15 is 0 Å². The molecule has 6 aliphatic carbocycles. The Kier molecular flexibility index (Phi) is 29.2. The Bertz CT molecular complexity index is 6860. The van der Waals surface area contributed by atoms with Crippen molar-refractivity contribution < 1.29 is 73.5 Å². The molecular weight excluding hydrogens is 1930 g/mol. The molecule has 2 bridgehead atoms. The molecule has 4 saturated heterocycles. The maximum Gasteiger partial charge on any atom is 0.401 e. The number of hydrogen-bond acceptors (Lipinski definition) is 32. The maximum absolute atomic E-state index is 13.7. The second kappa shape index (κ2) is 41.4. The Morgan fingerprint density at radius 3 is 0.930 bits per heavy atom. The van der Waals surface area contributed by atoms with E-state index in [1.807, 2.05) is 41.5 Å². The topological polar surface area (TPSA) is 404 Å². The van der Waals surface area contributed by atoms with Crippen LogP contribution in [0.5, 0.6) is 0 Å². The van der Waals surface area contributed by atoms with Gasteiger partial charge in [-0.25, -0.2) is 61.8 Å². The van der Waals surface area contributed by atoms with Crippen molar-refractivity contribution in [2.45, 2.75) is 220 Å². The third-order valence-corrected chi connectivity index (χ3v) is 32.7. The summed E-state index contributed by atoms with van der Waals surface area (Å²) in [7, 11) is 0. The molecule has 0 spiro atoms. The number of pyridine rings is 4. The first-order valence-electron chi connectivity index (χ1n) is 48.3. The number of carbonyl (C=O) groups is 8. The Balaban J connectivity index is 0.000000126. The molecule has 10 fully saturated rings. The van der Waals surface area contributed by atoms with Crippen molar-refractivity contribution in [3.05, 3.63) is 162 Å². The second-order valence-electron chi connectivity index (χ2n) is 39.9. The van der Waals surface area contributed by atoms with Gasteiger partial charge in [0.1, 0.15) is 76.3 Å². The molecule has 143 heavy (non-hydrogen) atoms. The lowest BCUT2D eigenvalue weighted by molar-refractivity contribution is -0.192. The molecule has 0 unspecified atom stereocenters.